The number of aromatic nitrogens is 3. The Balaban J connectivity index is 2.49. The second kappa shape index (κ2) is 6.50. The van der Waals surface area contributed by atoms with E-state index in [2.05, 4.69) is 16.5 Å². The molecular weight excluding hydrogens is 346 g/mol. The number of nitrogens with one attached hydrogen (secondary N) is 1. The molecule has 24 heavy (non-hydrogen) atoms. The molecule has 0 radical (unpaired) electrons. The Hall–Kier alpha value is -2.58. The molecule has 0 amide bonds. The number of methoxy groups -OCH3 is 1. The maximum atomic E-state index is 12.4. The summed E-state index contributed by atoms with van der Waals surface area (Å²) in [5.41, 5.74) is 0.589. The molecule has 0 saturated carbocycles. The molecule has 0 atom stereocenters. The summed E-state index contributed by atoms with van der Waals surface area (Å²) in [4.78, 5) is 32.6. The highest BCUT2D eigenvalue weighted by atomic mass is 32.1. The molecule has 0 fully saturated rings. The Bertz CT molecular complexity index is 1050. The maximum absolute atomic E-state index is 12.4. The predicted molar refractivity (Wildman–Crippen MR) is 96.0 cm³/mol. The van der Waals surface area contributed by atoms with Gasteiger partial charge in [-0.2, -0.15) is 0 Å². The Morgan fingerprint density at radius 3 is 3.00 bits per heavy atom. The first-order valence-electron chi connectivity index (χ1n) is 6.97. The van der Waals surface area contributed by atoms with Gasteiger partial charge in [0.2, 0.25) is 0 Å². The number of pyridine rings is 1. The Kier molecular flexibility index (Phi) is 4.41. The van der Waals surface area contributed by atoms with Gasteiger partial charge in [0.1, 0.15) is 5.65 Å². The van der Waals surface area contributed by atoms with Gasteiger partial charge in [-0.05, 0) is 29.7 Å². The van der Waals surface area contributed by atoms with Crippen LogP contribution in [0.5, 0.6) is 0 Å². The number of rotatable bonds is 4. The SMILES string of the molecule is C=CCn1c(=S)[nH]c(=O)c2c(C(=O)OC)cc(-c3cccs3)nc21. The number of hydrogen-bond acceptors (Lipinski definition) is 6. The third kappa shape index (κ3) is 2.70. The lowest BCUT2D eigenvalue weighted by atomic mass is 10.1. The number of aromatic amines is 1. The van der Waals surface area contributed by atoms with Gasteiger partial charge in [-0.1, -0.05) is 12.1 Å². The lowest BCUT2D eigenvalue weighted by Crippen LogP contribution is -2.19. The Morgan fingerprint density at radius 1 is 1.58 bits per heavy atom. The van der Waals surface area contributed by atoms with Crippen molar-refractivity contribution in [3.8, 4) is 10.6 Å². The van der Waals surface area contributed by atoms with Crippen LogP contribution in [0.1, 0.15) is 10.4 Å². The molecule has 0 unspecified atom stereocenters. The fourth-order valence-electron chi connectivity index (χ4n) is 2.39. The van der Waals surface area contributed by atoms with Crippen LogP contribution in [0.4, 0.5) is 0 Å². The van der Waals surface area contributed by atoms with Gasteiger partial charge in [0.15, 0.2) is 4.77 Å². The minimum Gasteiger partial charge on any atom is -0.465 e. The van der Waals surface area contributed by atoms with Gasteiger partial charge in [0, 0.05) is 6.54 Å². The highest BCUT2D eigenvalue weighted by Gasteiger charge is 2.19. The first-order chi connectivity index (χ1) is 11.6. The van der Waals surface area contributed by atoms with E-state index in [4.69, 9.17) is 17.0 Å². The molecule has 122 valence electrons. The third-order valence-electron chi connectivity index (χ3n) is 3.44. The summed E-state index contributed by atoms with van der Waals surface area (Å²) in [5, 5.41) is 2.06. The van der Waals surface area contributed by atoms with Gasteiger partial charge in [0.25, 0.3) is 5.56 Å². The largest absolute Gasteiger partial charge is 0.465 e. The number of carbonyl (C=O) groups is 1. The van der Waals surface area contributed by atoms with E-state index in [-0.39, 0.29) is 15.7 Å². The van der Waals surface area contributed by atoms with Crippen LogP contribution < -0.4 is 5.56 Å². The third-order valence-corrected chi connectivity index (χ3v) is 4.65. The number of ether oxygens (including phenoxy) is 1. The van der Waals surface area contributed by atoms with Gasteiger partial charge < -0.3 is 4.74 Å². The summed E-state index contributed by atoms with van der Waals surface area (Å²) in [5.74, 6) is -0.604. The fourth-order valence-corrected chi connectivity index (χ4v) is 3.33. The van der Waals surface area contributed by atoms with E-state index in [0.29, 0.717) is 17.9 Å². The van der Waals surface area contributed by atoms with Crippen LogP contribution in [-0.4, -0.2) is 27.6 Å². The summed E-state index contributed by atoms with van der Waals surface area (Å²) >= 11 is 6.70. The lowest BCUT2D eigenvalue weighted by molar-refractivity contribution is 0.0603. The summed E-state index contributed by atoms with van der Waals surface area (Å²) in [6.07, 6.45) is 1.64. The summed E-state index contributed by atoms with van der Waals surface area (Å²) in [6.45, 7) is 4.05. The van der Waals surface area contributed by atoms with Gasteiger partial charge in [-0.25, -0.2) is 9.78 Å². The molecular formula is C16H13N3O3S2. The van der Waals surface area contributed by atoms with Gasteiger partial charge in [-0.15, -0.1) is 17.9 Å². The summed E-state index contributed by atoms with van der Waals surface area (Å²) in [6, 6.07) is 5.34. The van der Waals surface area contributed by atoms with Crippen molar-refractivity contribution in [2.24, 2.45) is 0 Å². The van der Waals surface area contributed by atoms with Crippen LogP contribution in [0.25, 0.3) is 21.6 Å². The van der Waals surface area contributed by atoms with Crippen molar-refractivity contribution in [2.75, 3.05) is 7.11 Å². The molecule has 0 bridgehead atoms. The first kappa shape index (κ1) is 16.3. The molecule has 0 aliphatic carbocycles. The molecule has 6 nitrogen and oxygen atoms in total. The van der Waals surface area contributed by atoms with E-state index in [1.807, 2.05) is 17.5 Å². The van der Waals surface area contributed by atoms with Crippen molar-refractivity contribution in [3.05, 3.63) is 56.9 Å². The molecule has 0 spiro atoms. The molecule has 8 heteroatoms. The molecule has 3 heterocycles. The van der Waals surface area contributed by atoms with Crippen molar-refractivity contribution in [3.63, 3.8) is 0 Å². The zero-order valence-corrected chi connectivity index (χ0v) is 14.4. The minimum absolute atomic E-state index is 0.151. The number of allylic oxidation sites excluding steroid dienone is 1. The molecule has 3 aromatic rings. The van der Waals surface area contributed by atoms with Gasteiger partial charge in [-0.3, -0.25) is 14.3 Å². The number of esters is 1. The minimum atomic E-state index is -0.604. The second-order valence-corrected chi connectivity index (χ2v) is 6.22. The second-order valence-electron chi connectivity index (χ2n) is 4.88. The van der Waals surface area contributed by atoms with E-state index in [0.717, 1.165) is 4.88 Å². The van der Waals surface area contributed by atoms with E-state index in [1.54, 1.807) is 16.7 Å². The molecule has 0 aromatic carbocycles. The van der Waals surface area contributed by atoms with Gasteiger partial charge in [0.05, 0.1) is 28.6 Å². The monoisotopic (exact) mass is 359 g/mol. The highest BCUT2D eigenvalue weighted by molar-refractivity contribution is 7.71. The molecule has 1 N–H and O–H groups in total. The highest BCUT2D eigenvalue weighted by Crippen LogP contribution is 2.27. The zero-order valence-electron chi connectivity index (χ0n) is 12.7. The quantitative estimate of drug-likeness (QED) is 0.440. The number of carbonyl (C=O) groups excluding carboxylic acids is 1. The summed E-state index contributed by atoms with van der Waals surface area (Å²) in [7, 11) is 1.27. The maximum Gasteiger partial charge on any atom is 0.338 e. The van der Waals surface area contributed by atoms with Crippen LogP contribution in [0, 0.1) is 4.77 Å². The van der Waals surface area contributed by atoms with Crippen molar-refractivity contribution >= 4 is 40.6 Å². The van der Waals surface area contributed by atoms with Crippen molar-refractivity contribution in [1.82, 2.24) is 14.5 Å². The molecule has 0 saturated heterocycles. The fraction of sp³-hybridized carbons (Fsp3) is 0.125. The van der Waals surface area contributed by atoms with E-state index < -0.39 is 11.5 Å². The molecule has 3 rings (SSSR count). The number of fused-ring (bicyclic) bond motifs is 1. The Morgan fingerprint density at radius 2 is 2.38 bits per heavy atom. The number of H-pyrrole nitrogens is 1. The average molecular weight is 359 g/mol. The van der Waals surface area contributed by atoms with E-state index in [9.17, 15) is 9.59 Å². The van der Waals surface area contributed by atoms with Crippen molar-refractivity contribution in [1.29, 1.82) is 0 Å². The lowest BCUT2D eigenvalue weighted by Gasteiger charge is -2.12. The van der Waals surface area contributed by atoms with Crippen LogP contribution in [0.15, 0.2) is 41.0 Å². The van der Waals surface area contributed by atoms with Crippen molar-refractivity contribution in [2.45, 2.75) is 6.54 Å². The van der Waals surface area contributed by atoms with E-state index in [1.165, 1.54) is 18.4 Å². The van der Waals surface area contributed by atoms with Crippen LogP contribution in [-0.2, 0) is 11.3 Å². The Labute approximate surface area is 146 Å². The molecule has 0 aliphatic rings. The topological polar surface area (TPSA) is 77.0 Å². The smallest absolute Gasteiger partial charge is 0.338 e. The van der Waals surface area contributed by atoms with E-state index >= 15 is 0 Å². The number of thiophene rings is 1. The van der Waals surface area contributed by atoms with Crippen LogP contribution in [0.3, 0.4) is 0 Å². The van der Waals surface area contributed by atoms with Crippen LogP contribution >= 0.6 is 23.6 Å². The summed E-state index contributed by atoms with van der Waals surface area (Å²) < 4.78 is 6.68. The first-order valence-corrected chi connectivity index (χ1v) is 8.26. The number of nitrogens with zero attached hydrogens (tertiary/aromatic N) is 2. The predicted octanol–water partition coefficient (Wildman–Crippen LogP) is 3.16. The van der Waals surface area contributed by atoms with Crippen molar-refractivity contribution < 1.29 is 9.53 Å². The number of hydrogen-bond donors (Lipinski definition) is 1. The van der Waals surface area contributed by atoms with Crippen LogP contribution in [0.2, 0.25) is 0 Å². The average Bonchev–Trinajstić information content (AvgIpc) is 3.11. The van der Waals surface area contributed by atoms with Gasteiger partial charge >= 0.3 is 5.97 Å². The standard InChI is InChI=1S/C16H13N3O3S2/c1-3-6-19-13-12(14(20)18-16(19)23)9(15(21)22-2)8-10(17-13)11-5-4-7-24-11/h3-5,7-8H,1,6H2,2H3,(H,18,20,23). The zero-order chi connectivity index (χ0) is 17.3. The molecule has 3 aromatic heterocycles. The molecule has 0 aliphatic heterocycles. The normalized spacial score (nSPS) is 10.7.